The minimum absolute atomic E-state index is 0.332. The summed E-state index contributed by atoms with van der Waals surface area (Å²) in [7, 11) is 3.53. The number of fused-ring (bicyclic) bond motifs is 2. The molecule has 2 heterocycles. The smallest absolute Gasteiger partial charge is 0.338 e. The summed E-state index contributed by atoms with van der Waals surface area (Å²) in [4.78, 5) is 14.3. The Balaban J connectivity index is 1.93. The Labute approximate surface area is 118 Å². The molecule has 0 spiro atoms. The van der Waals surface area contributed by atoms with Crippen molar-refractivity contribution in [2.75, 3.05) is 14.2 Å². The van der Waals surface area contributed by atoms with Crippen molar-refractivity contribution in [3.05, 3.63) is 35.1 Å². The van der Waals surface area contributed by atoms with Crippen LogP contribution in [0.2, 0.25) is 0 Å². The number of ether oxygens (including phenoxy) is 1. The van der Waals surface area contributed by atoms with Crippen molar-refractivity contribution in [1.82, 2.24) is 4.90 Å². The van der Waals surface area contributed by atoms with Gasteiger partial charge in [0.1, 0.15) is 5.82 Å². The molecule has 2 unspecified atom stereocenters. The van der Waals surface area contributed by atoms with Gasteiger partial charge in [0.15, 0.2) is 0 Å². The molecular weight excluding hydrogens is 257 g/mol. The third kappa shape index (κ3) is 2.22. The number of nitrogens with zero attached hydrogens (tertiary/aromatic N) is 1. The Morgan fingerprint density at radius 2 is 1.95 bits per heavy atom. The first-order chi connectivity index (χ1) is 9.60. The van der Waals surface area contributed by atoms with E-state index in [-0.39, 0.29) is 5.82 Å². The number of esters is 1. The molecule has 2 saturated heterocycles. The van der Waals surface area contributed by atoms with Crippen molar-refractivity contribution in [3.63, 3.8) is 0 Å². The molecule has 1 aromatic rings. The van der Waals surface area contributed by atoms with Crippen molar-refractivity contribution in [3.8, 4) is 0 Å². The maximum absolute atomic E-state index is 13.4. The van der Waals surface area contributed by atoms with Crippen LogP contribution in [0.5, 0.6) is 0 Å². The van der Waals surface area contributed by atoms with Crippen molar-refractivity contribution in [2.45, 2.75) is 43.7 Å². The summed E-state index contributed by atoms with van der Waals surface area (Å²) in [6.07, 6.45) is 4.55. The molecule has 108 valence electrons. The molecule has 3 rings (SSSR count). The third-order valence-electron chi connectivity index (χ3n) is 4.96. The van der Waals surface area contributed by atoms with Crippen LogP contribution < -0.4 is 0 Å². The first kappa shape index (κ1) is 13.6. The van der Waals surface area contributed by atoms with Gasteiger partial charge in [-0.25, -0.2) is 9.18 Å². The van der Waals surface area contributed by atoms with Crippen molar-refractivity contribution in [2.24, 2.45) is 0 Å². The second kappa shape index (κ2) is 5.17. The summed E-state index contributed by atoms with van der Waals surface area (Å²) in [5.74, 6) is -0.491. The largest absolute Gasteiger partial charge is 0.465 e. The Morgan fingerprint density at radius 1 is 1.30 bits per heavy atom. The van der Waals surface area contributed by atoms with E-state index < -0.39 is 5.97 Å². The van der Waals surface area contributed by atoms with Gasteiger partial charge in [0.2, 0.25) is 0 Å². The van der Waals surface area contributed by atoms with Crippen LogP contribution in [0.1, 0.15) is 47.5 Å². The van der Waals surface area contributed by atoms with Gasteiger partial charge in [0.05, 0.1) is 12.7 Å². The number of benzene rings is 1. The van der Waals surface area contributed by atoms with E-state index in [0.29, 0.717) is 23.6 Å². The van der Waals surface area contributed by atoms with Crippen LogP contribution in [0.15, 0.2) is 18.2 Å². The fourth-order valence-electron chi connectivity index (χ4n) is 3.84. The molecule has 0 N–H and O–H groups in total. The average Bonchev–Trinajstić information content (AvgIpc) is 2.67. The second-order valence-corrected chi connectivity index (χ2v) is 5.94. The number of piperidine rings is 1. The first-order valence-electron chi connectivity index (χ1n) is 7.20. The Hall–Kier alpha value is -1.42. The van der Waals surface area contributed by atoms with Crippen molar-refractivity contribution >= 4 is 5.97 Å². The molecule has 3 nitrogen and oxygen atoms in total. The first-order valence-corrected chi connectivity index (χ1v) is 7.20. The molecule has 1 aromatic carbocycles. The summed E-state index contributed by atoms with van der Waals surface area (Å²) in [6.45, 7) is 0. The van der Waals surface area contributed by atoms with E-state index in [4.69, 9.17) is 4.74 Å². The molecule has 0 amide bonds. The zero-order valence-corrected chi connectivity index (χ0v) is 11.9. The van der Waals surface area contributed by atoms with Gasteiger partial charge in [-0.1, -0.05) is 6.07 Å². The highest BCUT2D eigenvalue weighted by molar-refractivity contribution is 5.91. The van der Waals surface area contributed by atoms with Crippen molar-refractivity contribution < 1.29 is 13.9 Å². The molecule has 4 heteroatoms. The van der Waals surface area contributed by atoms with Crippen molar-refractivity contribution in [1.29, 1.82) is 0 Å². The van der Waals surface area contributed by atoms with Crippen LogP contribution >= 0.6 is 0 Å². The van der Waals surface area contributed by atoms with Gasteiger partial charge >= 0.3 is 5.97 Å². The summed E-state index contributed by atoms with van der Waals surface area (Å²) < 4.78 is 18.2. The maximum Gasteiger partial charge on any atom is 0.338 e. The highest BCUT2D eigenvalue weighted by Gasteiger charge is 2.39. The molecule has 0 aliphatic carbocycles. The lowest BCUT2D eigenvalue weighted by Crippen LogP contribution is -2.39. The molecule has 2 bridgehead atoms. The minimum atomic E-state index is -0.439. The maximum atomic E-state index is 13.4. The fourth-order valence-corrected chi connectivity index (χ4v) is 3.84. The second-order valence-electron chi connectivity index (χ2n) is 5.94. The molecule has 0 aromatic heterocycles. The van der Waals surface area contributed by atoms with Gasteiger partial charge in [-0.15, -0.1) is 0 Å². The molecule has 0 radical (unpaired) electrons. The van der Waals surface area contributed by atoms with Gasteiger partial charge in [0, 0.05) is 12.1 Å². The molecule has 2 aliphatic heterocycles. The molecule has 2 aliphatic rings. The van der Waals surface area contributed by atoms with Crippen LogP contribution in [0.4, 0.5) is 4.39 Å². The summed E-state index contributed by atoms with van der Waals surface area (Å²) in [5, 5.41) is 0. The zero-order chi connectivity index (χ0) is 14.3. The molecule has 2 atom stereocenters. The zero-order valence-electron chi connectivity index (χ0n) is 11.9. The van der Waals surface area contributed by atoms with E-state index in [1.54, 1.807) is 6.07 Å². The lowest BCUT2D eigenvalue weighted by Gasteiger charge is -2.37. The summed E-state index contributed by atoms with van der Waals surface area (Å²) in [6, 6.07) is 5.70. The minimum Gasteiger partial charge on any atom is -0.465 e. The Bertz CT molecular complexity index is 517. The number of methoxy groups -OCH3 is 1. The number of hydrogen-bond donors (Lipinski definition) is 0. The number of hydrogen-bond acceptors (Lipinski definition) is 3. The molecular formula is C16H20FNO2. The molecule has 20 heavy (non-hydrogen) atoms. The monoisotopic (exact) mass is 277 g/mol. The predicted octanol–water partition coefficient (Wildman–Crippen LogP) is 2.95. The lowest BCUT2D eigenvalue weighted by atomic mass is 9.83. The Kier molecular flexibility index (Phi) is 3.50. The van der Waals surface area contributed by atoms with E-state index in [1.807, 2.05) is 0 Å². The van der Waals surface area contributed by atoms with E-state index in [2.05, 4.69) is 11.9 Å². The van der Waals surface area contributed by atoms with Gasteiger partial charge in [-0.05, 0) is 56.3 Å². The lowest BCUT2D eigenvalue weighted by molar-refractivity contribution is 0.0596. The number of rotatable bonds is 2. The quantitative estimate of drug-likeness (QED) is 0.778. The molecule has 0 saturated carbocycles. The topological polar surface area (TPSA) is 29.5 Å². The fraction of sp³-hybridized carbons (Fsp3) is 0.562. The van der Waals surface area contributed by atoms with Gasteiger partial charge in [-0.2, -0.15) is 0 Å². The SMILES string of the molecule is COC(=O)c1cc(F)ccc1C1CC2CCC(C1)N2C. The average molecular weight is 277 g/mol. The van der Waals surface area contributed by atoms with Gasteiger partial charge in [-0.3, -0.25) is 0 Å². The Morgan fingerprint density at radius 3 is 2.55 bits per heavy atom. The van der Waals surface area contributed by atoms with E-state index in [1.165, 1.54) is 32.1 Å². The van der Waals surface area contributed by atoms with Gasteiger partial charge in [0.25, 0.3) is 0 Å². The van der Waals surface area contributed by atoms with Crippen LogP contribution in [-0.4, -0.2) is 37.1 Å². The van der Waals surface area contributed by atoms with Crippen LogP contribution in [0.3, 0.4) is 0 Å². The predicted molar refractivity (Wildman–Crippen MR) is 74.3 cm³/mol. The normalized spacial score (nSPS) is 29.4. The van der Waals surface area contributed by atoms with Gasteiger partial charge < -0.3 is 9.64 Å². The number of halogens is 1. The van der Waals surface area contributed by atoms with Crippen LogP contribution in [0.25, 0.3) is 0 Å². The third-order valence-corrected chi connectivity index (χ3v) is 4.96. The molecule has 2 fully saturated rings. The van der Waals surface area contributed by atoms with E-state index in [0.717, 1.165) is 18.4 Å². The number of carbonyl (C=O) groups is 1. The number of carbonyl (C=O) groups excluding carboxylic acids is 1. The highest BCUT2D eigenvalue weighted by atomic mass is 19.1. The van der Waals surface area contributed by atoms with Crippen LogP contribution in [0, 0.1) is 5.82 Å². The standard InChI is InChI=1S/C16H20FNO2/c1-18-12-4-5-13(18)8-10(7-12)14-6-3-11(17)9-15(14)16(19)20-2/h3,6,9-10,12-13H,4-5,7-8H2,1-2H3. The summed E-state index contributed by atoms with van der Waals surface area (Å²) in [5.41, 5.74) is 1.34. The van der Waals surface area contributed by atoms with E-state index in [9.17, 15) is 9.18 Å². The summed E-state index contributed by atoms with van der Waals surface area (Å²) >= 11 is 0. The van der Waals surface area contributed by atoms with E-state index >= 15 is 0 Å². The van der Waals surface area contributed by atoms with Crippen LogP contribution in [-0.2, 0) is 4.74 Å². The highest BCUT2D eigenvalue weighted by Crippen LogP contribution is 2.43.